The van der Waals surface area contributed by atoms with Crippen LogP contribution in [0, 0.1) is 16.2 Å². The quantitative estimate of drug-likeness (QED) is 0.458. The van der Waals surface area contributed by atoms with Crippen LogP contribution in [0.5, 0.6) is 0 Å². The van der Waals surface area contributed by atoms with Gasteiger partial charge in [-0.3, -0.25) is 0 Å². The van der Waals surface area contributed by atoms with Gasteiger partial charge >= 0.3 is 0 Å². The second kappa shape index (κ2) is 4.00. The van der Waals surface area contributed by atoms with E-state index in [-0.39, 0.29) is 0 Å². The van der Waals surface area contributed by atoms with Gasteiger partial charge in [0.05, 0.1) is 4.64 Å². The highest BCUT2D eigenvalue weighted by molar-refractivity contribution is 8.27. The first-order valence-electron chi connectivity index (χ1n) is 7.32. The first kappa shape index (κ1) is 16.3. The maximum absolute atomic E-state index is 2.66. The van der Waals surface area contributed by atoms with Gasteiger partial charge in [-0.1, -0.05) is 86.0 Å². The molecule has 19 heavy (non-hydrogen) atoms. The van der Waals surface area contributed by atoms with Crippen LogP contribution in [-0.2, 0) is 0 Å². The molecule has 0 saturated heterocycles. The van der Waals surface area contributed by atoms with Crippen molar-refractivity contribution in [1.82, 2.24) is 0 Å². The molecule has 0 amide bonds. The van der Waals surface area contributed by atoms with Crippen molar-refractivity contribution in [2.75, 3.05) is 6.66 Å². The zero-order valence-corrected chi connectivity index (χ0v) is 17.2. The summed E-state index contributed by atoms with van der Waals surface area (Å²) in [4.78, 5) is 0. The van der Waals surface area contributed by atoms with E-state index in [9.17, 15) is 0 Å². The second-order valence-corrected chi connectivity index (χ2v) is 17.7. The van der Waals surface area contributed by atoms with Crippen LogP contribution in [0.2, 0.25) is 0 Å². The zero-order chi connectivity index (χ0) is 15.1. The summed E-state index contributed by atoms with van der Waals surface area (Å²) in [5, 5.41) is 3.82. The Morgan fingerprint density at radius 1 is 0.895 bits per heavy atom. The molecule has 3 heteroatoms. The van der Waals surface area contributed by atoms with Gasteiger partial charge in [0.2, 0.25) is 0 Å². The summed E-state index contributed by atoms with van der Waals surface area (Å²) in [6, 6.07) is 0. The maximum atomic E-state index is 2.66. The zero-order valence-electron chi connectivity index (χ0n) is 14.4. The third-order valence-corrected chi connectivity index (χ3v) is 20.5. The largest absolute Gasteiger partial charge is 0.0827 e. The SMILES string of the molecule is CC(C)(C)C1=PC2(C(C)(C)C)PC(C(C)(C)C)=P12C. The summed E-state index contributed by atoms with van der Waals surface area (Å²) in [7, 11) is 2.79. The lowest BCUT2D eigenvalue weighted by Crippen LogP contribution is -2.53. The molecule has 3 unspecified atom stereocenters. The molecular formula is C16H31P3. The van der Waals surface area contributed by atoms with Crippen molar-refractivity contribution in [1.29, 1.82) is 0 Å². The second-order valence-electron chi connectivity index (χ2n) is 9.34. The summed E-state index contributed by atoms with van der Waals surface area (Å²) in [5.74, 6) is 0. The number of hydrogen-bond acceptors (Lipinski definition) is 0. The highest BCUT2D eigenvalue weighted by Gasteiger charge is 2.67. The standard InChI is InChI=1S/C16H31P3/c1-13(2,3)11-17-16(15(7,8)9)18-12(14(4,5)6)19(11,16)10/h17H,1-10H3. The van der Waals surface area contributed by atoms with Gasteiger partial charge in [0.25, 0.3) is 0 Å². The fourth-order valence-electron chi connectivity index (χ4n) is 3.82. The van der Waals surface area contributed by atoms with E-state index < -0.39 is 6.89 Å². The Labute approximate surface area is 124 Å². The van der Waals surface area contributed by atoms with Crippen LogP contribution in [0.25, 0.3) is 0 Å². The van der Waals surface area contributed by atoms with E-state index in [0.29, 0.717) is 20.9 Å². The molecule has 0 spiro atoms. The van der Waals surface area contributed by atoms with Gasteiger partial charge in [-0.25, -0.2) is 0 Å². The average Bonchev–Trinajstić information content (AvgIpc) is 2.10. The molecular weight excluding hydrogens is 285 g/mol. The molecule has 3 atom stereocenters. The summed E-state index contributed by atoms with van der Waals surface area (Å²) in [6.45, 7) is 23.7. The lowest BCUT2D eigenvalue weighted by molar-refractivity contribution is 0.427. The van der Waals surface area contributed by atoms with Crippen molar-refractivity contribution < 1.29 is 0 Å². The predicted molar refractivity (Wildman–Crippen MR) is 99.2 cm³/mol. The number of rotatable bonds is 0. The highest BCUT2D eigenvalue weighted by atomic mass is 31.3. The summed E-state index contributed by atoms with van der Waals surface area (Å²) < 4.78 is 0.630. The summed E-state index contributed by atoms with van der Waals surface area (Å²) in [5.41, 5.74) is 1.25. The van der Waals surface area contributed by atoms with E-state index in [2.05, 4.69) is 69.0 Å². The van der Waals surface area contributed by atoms with E-state index in [1.54, 1.807) is 8.20 Å². The maximum Gasteiger partial charge on any atom is 0.0613 e. The van der Waals surface area contributed by atoms with Gasteiger partial charge in [-0.05, 0) is 33.0 Å². The van der Waals surface area contributed by atoms with Crippen molar-refractivity contribution in [2.45, 2.75) is 67.0 Å². The molecule has 2 heterocycles. The molecule has 2 aliphatic heterocycles. The fraction of sp³-hybridized carbons (Fsp3) is 0.875. The van der Waals surface area contributed by atoms with Crippen molar-refractivity contribution in [2.24, 2.45) is 16.2 Å². The minimum absolute atomic E-state index is 0.389. The molecule has 0 aromatic rings. The first-order chi connectivity index (χ1) is 8.18. The molecule has 0 radical (unpaired) electrons. The lowest BCUT2D eigenvalue weighted by atomic mass is 9.98. The molecule has 2 rings (SSSR count). The minimum atomic E-state index is -1.01. The van der Waals surface area contributed by atoms with Crippen molar-refractivity contribution in [3.8, 4) is 0 Å². The van der Waals surface area contributed by atoms with Crippen LogP contribution in [0.4, 0.5) is 0 Å². The van der Waals surface area contributed by atoms with Crippen molar-refractivity contribution >= 4 is 33.7 Å². The van der Waals surface area contributed by atoms with Gasteiger partial charge in [-0.15, -0.1) is 0 Å². The Morgan fingerprint density at radius 3 is 1.68 bits per heavy atom. The van der Waals surface area contributed by atoms with Gasteiger partial charge in [-0.2, -0.15) is 0 Å². The Morgan fingerprint density at radius 2 is 1.37 bits per heavy atom. The van der Waals surface area contributed by atoms with Gasteiger partial charge in [0.15, 0.2) is 0 Å². The summed E-state index contributed by atoms with van der Waals surface area (Å²) >= 11 is 0. The van der Waals surface area contributed by atoms with E-state index in [1.165, 1.54) is 0 Å². The monoisotopic (exact) mass is 316 g/mol. The smallest absolute Gasteiger partial charge is 0.0613 e. The van der Waals surface area contributed by atoms with Crippen LogP contribution in [0.15, 0.2) is 0 Å². The van der Waals surface area contributed by atoms with Crippen molar-refractivity contribution in [3.05, 3.63) is 0 Å². The molecule has 0 fully saturated rings. The highest BCUT2D eigenvalue weighted by Crippen LogP contribution is 2.95. The summed E-state index contributed by atoms with van der Waals surface area (Å²) in [6.07, 6.45) is 0. The van der Waals surface area contributed by atoms with Gasteiger partial charge in [0, 0.05) is 0 Å². The van der Waals surface area contributed by atoms with Crippen LogP contribution in [-0.4, -0.2) is 21.4 Å². The Hall–Kier alpha value is 0.900. The number of hydrogen-bond donors (Lipinski definition) is 0. The fourth-order valence-corrected chi connectivity index (χ4v) is 19.4. The first-order valence-corrected chi connectivity index (χ1v) is 11.4. The molecule has 0 aromatic carbocycles. The normalized spacial score (nSPS) is 37.4. The molecule has 0 aliphatic carbocycles. The Balaban J connectivity index is 2.69. The van der Waals surface area contributed by atoms with Crippen molar-refractivity contribution in [3.63, 3.8) is 0 Å². The van der Waals surface area contributed by atoms with E-state index in [0.717, 1.165) is 8.58 Å². The third-order valence-electron chi connectivity index (χ3n) is 4.51. The van der Waals surface area contributed by atoms with Gasteiger partial charge < -0.3 is 0 Å². The van der Waals surface area contributed by atoms with Crippen LogP contribution in [0.3, 0.4) is 0 Å². The van der Waals surface area contributed by atoms with E-state index in [1.807, 2.05) is 10.1 Å². The molecule has 0 N–H and O–H groups in total. The minimum Gasteiger partial charge on any atom is -0.0827 e. The van der Waals surface area contributed by atoms with Gasteiger partial charge in [0.1, 0.15) is 0 Å². The third kappa shape index (κ3) is 1.93. The van der Waals surface area contributed by atoms with E-state index in [4.69, 9.17) is 0 Å². The molecule has 2 aliphatic rings. The Kier molecular flexibility index (Phi) is 3.43. The average molecular weight is 316 g/mol. The van der Waals surface area contributed by atoms with Crippen LogP contribution in [0.1, 0.15) is 62.3 Å². The Bertz CT molecular complexity index is 504. The van der Waals surface area contributed by atoms with Crippen LogP contribution < -0.4 is 0 Å². The topological polar surface area (TPSA) is 0 Å². The molecule has 110 valence electrons. The molecule has 0 aromatic heterocycles. The predicted octanol–water partition coefficient (Wildman–Crippen LogP) is 6.34. The van der Waals surface area contributed by atoms with Crippen LogP contribution >= 0.6 is 23.7 Å². The molecule has 0 bridgehead atoms. The lowest BCUT2D eigenvalue weighted by Gasteiger charge is -2.69. The number of fused-ring (bicyclic) bond motifs is 1. The molecule has 0 saturated carbocycles. The van der Waals surface area contributed by atoms with E-state index >= 15 is 0 Å². The molecule has 0 nitrogen and oxygen atoms in total.